The summed E-state index contributed by atoms with van der Waals surface area (Å²) in [5.41, 5.74) is 0.325. The summed E-state index contributed by atoms with van der Waals surface area (Å²) < 4.78 is 33.1. The topological polar surface area (TPSA) is 63.2 Å². The van der Waals surface area contributed by atoms with Gasteiger partial charge in [-0.05, 0) is 13.0 Å². The monoisotopic (exact) mass is 391 g/mol. The van der Waals surface area contributed by atoms with Gasteiger partial charge in [-0.15, -0.1) is 11.3 Å². The van der Waals surface area contributed by atoms with Crippen LogP contribution < -0.4 is 10.1 Å². The number of likely N-dealkylation sites (tertiary alicyclic amines) is 1. The highest BCUT2D eigenvalue weighted by Gasteiger charge is 2.31. The molecular weight excluding hydrogens is 372 g/mol. The number of ether oxygens (including phenoxy) is 1. The summed E-state index contributed by atoms with van der Waals surface area (Å²) in [7, 11) is 1.85. The summed E-state index contributed by atoms with van der Waals surface area (Å²) in [6.07, 6.45) is 3.93. The number of anilines is 1. The molecule has 2 unspecified atom stereocenters. The molecule has 142 valence electrons. The molecule has 0 amide bonds. The van der Waals surface area contributed by atoms with E-state index in [1.807, 2.05) is 13.2 Å². The van der Waals surface area contributed by atoms with Crippen molar-refractivity contribution < 1.29 is 13.5 Å². The van der Waals surface area contributed by atoms with Gasteiger partial charge in [-0.25, -0.2) is 23.7 Å². The summed E-state index contributed by atoms with van der Waals surface area (Å²) in [5, 5.41) is 4.32. The minimum absolute atomic E-state index is 0.0806. The SMILES string of the molecule is CNc1ncc(CN2CC(Oc3ncnc4cc(F)c(F)cc34)CC2C)s1. The number of rotatable bonds is 5. The molecule has 1 aliphatic rings. The largest absolute Gasteiger partial charge is 0.472 e. The maximum Gasteiger partial charge on any atom is 0.224 e. The summed E-state index contributed by atoms with van der Waals surface area (Å²) in [5.74, 6) is -1.58. The maximum absolute atomic E-state index is 13.6. The van der Waals surface area contributed by atoms with Crippen molar-refractivity contribution in [1.29, 1.82) is 0 Å². The van der Waals surface area contributed by atoms with Gasteiger partial charge in [0.1, 0.15) is 12.4 Å². The van der Waals surface area contributed by atoms with Crippen LogP contribution in [0.15, 0.2) is 24.7 Å². The first kappa shape index (κ1) is 18.0. The van der Waals surface area contributed by atoms with E-state index in [0.717, 1.165) is 36.8 Å². The lowest BCUT2D eigenvalue weighted by Gasteiger charge is -2.19. The van der Waals surface area contributed by atoms with E-state index >= 15 is 0 Å². The number of thiazole rings is 1. The van der Waals surface area contributed by atoms with Gasteiger partial charge in [0, 0.05) is 49.7 Å². The van der Waals surface area contributed by atoms with Gasteiger partial charge in [-0.1, -0.05) is 0 Å². The van der Waals surface area contributed by atoms with Crippen molar-refractivity contribution in [3.63, 3.8) is 0 Å². The van der Waals surface area contributed by atoms with Crippen LogP contribution in [0.2, 0.25) is 0 Å². The van der Waals surface area contributed by atoms with Crippen molar-refractivity contribution in [2.24, 2.45) is 0 Å². The Morgan fingerprint density at radius 1 is 1.26 bits per heavy atom. The van der Waals surface area contributed by atoms with Crippen LogP contribution in [-0.2, 0) is 6.54 Å². The normalized spacial score (nSPS) is 20.3. The molecule has 1 fully saturated rings. The molecule has 6 nitrogen and oxygen atoms in total. The lowest BCUT2D eigenvalue weighted by Crippen LogP contribution is -2.27. The first-order valence-electron chi connectivity index (χ1n) is 8.66. The smallest absolute Gasteiger partial charge is 0.224 e. The van der Waals surface area contributed by atoms with Crippen molar-refractivity contribution in [3.05, 3.63) is 41.2 Å². The molecule has 3 aromatic rings. The molecule has 0 radical (unpaired) electrons. The second-order valence-corrected chi connectivity index (χ2v) is 7.71. The number of nitrogens with one attached hydrogen (secondary N) is 1. The number of hydrogen-bond donors (Lipinski definition) is 1. The van der Waals surface area contributed by atoms with Gasteiger partial charge in [-0.3, -0.25) is 4.90 Å². The predicted octanol–water partition coefficient (Wildman–Crippen LogP) is 3.45. The minimum atomic E-state index is -0.936. The van der Waals surface area contributed by atoms with E-state index in [1.165, 1.54) is 11.2 Å². The van der Waals surface area contributed by atoms with Gasteiger partial charge in [0.25, 0.3) is 0 Å². The van der Waals surface area contributed by atoms with Crippen LogP contribution in [0.1, 0.15) is 18.2 Å². The van der Waals surface area contributed by atoms with Gasteiger partial charge >= 0.3 is 0 Å². The van der Waals surface area contributed by atoms with Gasteiger partial charge in [-0.2, -0.15) is 0 Å². The number of aromatic nitrogens is 3. The maximum atomic E-state index is 13.6. The Morgan fingerprint density at radius 3 is 2.85 bits per heavy atom. The highest BCUT2D eigenvalue weighted by Crippen LogP contribution is 2.29. The summed E-state index contributed by atoms with van der Waals surface area (Å²) >= 11 is 1.63. The lowest BCUT2D eigenvalue weighted by molar-refractivity contribution is 0.191. The molecule has 0 aliphatic carbocycles. The Kier molecular flexibility index (Phi) is 4.88. The molecule has 2 aromatic heterocycles. The Bertz CT molecular complexity index is 966. The van der Waals surface area contributed by atoms with Crippen LogP contribution in [0, 0.1) is 11.6 Å². The number of nitrogens with zero attached hydrogens (tertiary/aromatic N) is 4. The molecule has 2 atom stereocenters. The fraction of sp³-hybridized carbons (Fsp3) is 0.389. The molecule has 0 spiro atoms. The Morgan fingerprint density at radius 2 is 2.07 bits per heavy atom. The van der Waals surface area contributed by atoms with Gasteiger partial charge in [0.2, 0.25) is 5.88 Å². The van der Waals surface area contributed by atoms with Crippen LogP contribution in [0.3, 0.4) is 0 Å². The number of benzene rings is 1. The quantitative estimate of drug-likeness (QED) is 0.719. The minimum Gasteiger partial charge on any atom is -0.472 e. The first-order valence-corrected chi connectivity index (χ1v) is 9.48. The Labute approximate surface area is 159 Å². The van der Waals surface area contributed by atoms with Crippen molar-refractivity contribution in [3.8, 4) is 5.88 Å². The number of fused-ring (bicyclic) bond motifs is 1. The van der Waals surface area contributed by atoms with Crippen LogP contribution >= 0.6 is 11.3 Å². The van der Waals surface area contributed by atoms with Crippen molar-refractivity contribution >= 4 is 27.4 Å². The number of hydrogen-bond acceptors (Lipinski definition) is 7. The van der Waals surface area contributed by atoms with E-state index in [4.69, 9.17) is 4.74 Å². The van der Waals surface area contributed by atoms with Crippen LogP contribution in [0.25, 0.3) is 10.9 Å². The first-order chi connectivity index (χ1) is 13.0. The summed E-state index contributed by atoms with van der Waals surface area (Å²) in [6, 6.07) is 2.48. The summed E-state index contributed by atoms with van der Waals surface area (Å²) in [6.45, 7) is 3.67. The fourth-order valence-corrected chi connectivity index (χ4v) is 4.12. The van der Waals surface area contributed by atoms with E-state index in [1.54, 1.807) is 11.3 Å². The lowest BCUT2D eigenvalue weighted by atomic mass is 10.2. The van der Waals surface area contributed by atoms with Crippen LogP contribution in [0.4, 0.5) is 13.9 Å². The molecule has 0 bridgehead atoms. The van der Waals surface area contributed by atoms with Crippen molar-refractivity contribution in [2.75, 3.05) is 18.9 Å². The Hall–Kier alpha value is -2.39. The second kappa shape index (κ2) is 7.32. The summed E-state index contributed by atoms with van der Waals surface area (Å²) in [4.78, 5) is 15.9. The third-order valence-electron chi connectivity index (χ3n) is 4.71. The van der Waals surface area contributed by atoms with Gasteiger partial charge < -0.3 is 10.1 Å². The molecule has 27 heavy (non-hydrogen) atoms. The molecule has 1 aliphatic heterocycles. The van der Waals surface area contributed by atoms with E-state index in [2.05, 4.69) is 32.1 Å². The standard InChI is InChI=1S/C18H19F2N5OS/c1-10-3-11(7-25(10)8-12-6-22-18(21-2)27-12)26-17-13-4-14(19)15(20)5-16(13)23-9-24-17/h4-6,9-11H,3,7-8H2,1-2H3,(H,21,22). The second-order valence-electron chi connectivity index (χ2n) is 6.60. The van der Waals surface area contributed by atoms with Crippen LogP contribution in [0.5, 0.6) is 5.88 Å². The zero-order chi connectivity index (χ0) is 19.0. The molecular formula is C18H19F2N5OS. The van der Waals surface area contributed by atoms with Crippen molar-refractivity contribution in [2.45, 2.75) is 32.0 Å². The zero-order valence-electron chi connectivity index (χ0n) is 14.9. The molecule has 1 aromatic carbocycles. The average molecular weight is 391 g/mol. The van der Waals surface area contributed by atoms with Crippen molar-refractivity contribution in [1.82, 2.24) is 19.9 Å². The highest BCUT2D eigenvalue weighted by atomic mass is 32.1. The highest BCUT2D eigenvalue weighted by molar-refractivity contribution is 7.15. The van der Waals surface area contributed by atoms with Gasteiger partial charge in [0.05, 0.1) is 10.9 Å². The predicted molar refractivity (Wildman–Crippen MR) is 100 cm³/mol. The zero-order valence-corrected chi connectivity index (χ0v) is 15.8. The molecule has 0 saturated carbocycles. The third kappa shape index (κ3) is 3.70. The molecule has 1 N–H and O–H groups in total. The number of halogens is 2. The van der Waals surface area contributed by atoms with Gasteiger partial charge in [0.15, 0.2) is 16.8 Å². The van der Waals surface area contributed by atoms with E-state index in [0.29, 0.717) is 16.9 Å². The van der Waals surface area contributed by atoms with E-state index in [9.17, 15) is 8.78 Å². The molecule has 3 heterocycles. The van der Waals surface area contributed by atoms with Crippen LogP contribution in [-0.4, -0.2) is 45.6 Å². The van der Waals surface area contributed by atoms with E-state index in [-0.39, 0.29) is 12.0 Å². The average Bonchev–Trinajstić information content (AvgIpc) is 3.23. The molecule has 4 rings (SSSR count). The van der Waals surface area contributed by atoms with E-state index < -0.39 is 11.6 Å². The Balaban J connectivity index is 1.49. The molecule has 9 heteroatoms. The third-order valence-corrected chi connectivity index (χ3v) is 5.71. The fourth-order valence-electron chi connectivity index (χ4n) is 3.33. The molecule has 1 saturated heterocycles.